The minimum absolute atomic E-state index is 0.259. The van der Waals surface area contributed by atoms with Gasteiger partial charge in [-0.05, 0) is 13.3 Å². The summed E-state index contributed by atoms with van der Waals surface area (Å²) < 4.78 is 5.00. The summed E-state index contributed by atoms with van der Waals surface area (Å²) in [7, 11) is 0. The van der Waals surface area contributed by atoms with Crippen LogP contribution in [0.2, 0.25) is 0 Å². The largest absolute Gasteiger partial charge is 0.465 e. The highest BCUT2D eigenvalue weighted by Crippen LogP contribution is 2.17. The highest BCUT2D eigenvalue weighted by molar-refractivity contribution is 5.75. The molecule has 1 fully saturated rings. The number of carbonyl (C=O) groups excluding carboxylic acids is 1. The van der Waals surface area contributed by atoms with Crippen molar-refractivity contribution in [2.75, 3.05) is 19.7 Å². The summed E-state index contributed by atoms with van der Waals surface area (Å²) in [6.45, 7) is 4.80. The molecule has 1 aliphatic heterocycles. The SMILES string of the molecule is CCC[C@H](C(=O)OCC)N1C[C@H](O)[C@@H](O)C1. The summed E-state index contributed by atoms with van der Waals surface area (Å²) in [6, 6.07) is -0.336. The number of hydrogen-bond donors (Lipinski definition) is 2. The second-order valence-corrected chi connectivity index (χ2v) is 4.15. The Labute approximate surface area is 96.0 Å². The van der Waals surface area contributed by atoms with E-state index in [1.807, 2.05) is 6.92 Å². The molecule has 0 aliphatic carbocycles. The average molecular weight is 231 g/mol. The third-order valence-corrected chi connectivity index (χ3v) is 2.85. The maximum atomic E-state index is 11.7. The molecule has 0 saturated carbocycles. The Balaban J connectivity index is 2.60. The highest BCUT2D eigenvalue weighted by atomic mass is 16.5. The summed E-state index contributed by atoms with van der Waals surface area (Å²) in [5.74, 6) is -0.259. The van der Waals surface area contributed by atoms with Gasteiger partial charge in [0.05, 0.1) is 18.8 Å². The van der Waals surface area contributed by atoms with E-state index in [-0.39, 0.29) is 12.0 Å². The molecule has 1 aliphatic rings. The number of carbonyl (C=O) groups is 1. The summed E-state index contributed by atoms with van der Waals surface area (Å²) in [6.07, 6.45) is 0.0485. The van der Waals surface area contributed by atoms with Crippen molar-refractivity contribution in [1.82, 2.24) is 4.90 Å². The second-order valence-electron chi connectivity index (χ2n) is 4.15. The van der Waals surface area contributed by atoms with Gasteiger partial charge in [-0.15, -0.1) is 0 Å². The van der Waals surface area contributed by atoms with Gasteiger partial charge in [-0.2, -0.15) is 0 Å². The second kappa shape index (κ2) is 6.18. The van der Waals surface area contributed by atoms with Crippen LogP contribution in [0.25, 0.3) is 0 Å². The molecule has 0 radical (unpaired) electrons. The third kappa shape index (κ3) is 3.17. The van der Waals surface area contributed by atoms with Crippen LogP contribution in [0.4, 0.5) is 0 Å². The summed E-state index contributed by atoms with van der Waals surface area (Å²) in [5, 5.41) is 18.9. The lowest BCUT2D eigenvalue weighted by Crippen LogP contribution is -2.41. The molecule has 5 nitrogen and oxygen atoms in total. The van der Waals surface area contributed by atoms with E-state index in [1.165, 1.54) is 0 Å². The summed E-state index contributed by atoms with van der Waals surface area (Å²) in [4.78, 5) is 13.5. The number of nitrogens with zero attached hydrogens (tertiary/aromatic N) is 1. The first-order chi connectivity index (χ1) is 7.60. The van der Waals surface area contributed by atoms with Gasteiger partial charge in [-0.25, -0.2) is 0 Å². The van der Waals surface area contributed by atoms with Gasteiger partial charge >= 0.3 is 5.97 Å². The molecule has 3 atom stereocenters. The minimum atomic E-state index is -0.756. The van der Waals surface area contributed by atoms with Crippen LogP contribution in [0.5, 0.6) is 0 Å². The number of β-amino-alcohol motifs (C(OH)–C–C–N with tert-alkyl or cyclic N) is 2. The zero-order valence-corrected chi connectivity index (χ0v) is 9.93. The van der Waals surface area contributed by atoms with Gasteiger partial charge in [0.15, 0.2) is 0 Å². The minimum Gasteiger partial charge on any atom is -0.465 e. The fraction of sp³-hybridized carbons (Fsp3) is 0.909. The fourth-order valence-corrected chi connectivity index (χ4v) is 2.01. The zero-order chi connectivity index (χ0) is 12.1. The topological polar surface area (TPSA) is 70.0 Å². The first kappa shape index (κ1) is 13.4. The van der Waals surface area contributed by atoms with Crippen LogP contribution in [-0.2, 0) is 9.53 Å². The Morgan fingerprint density at radius 1 is 1.38 bits per heavy atom. The van der Waals surface area contributed by atoms with Crippen molar-refractivity contribution in [3.8, 4) is 0 Å². The number of esters is 1. The number of rotatable bonds is 5. The molecule has 0 bridgehead atoms. The predicted molar refractivity (Wildman–Crippen MR) is 58.9 cm³/mol. The quantitative estimate of drug-likeness (QED) is 0.639. The van der Waals surface area contributed by atoms with E-state index < -0.39 is 12.2 Å². The van der Waals surface area contributed by atoms with Crippen LogP contribution < -0.4 is 0 Å². The molecule has 0 aromatic carbocycles. The van der Waals surface area contributed by atoms with Crippen molar-refractivity contribution in [1.29, 1.82) is 0 Å². The van der Waals surface area contributed by atoms with Crippen molar-refractivity contribution < 1.29 is 19.7 Å². The molecule has 0 amide bonds. The Hall–Kier alpha value is -0.650. The number of hydrogen-bond acceptors (Lipinski definition) is 5. The maximum absolute atomic E-state index is 11.7. The standard InChI is InChI=1S/C11H21NO4/c1-3-5-8(11(15)16-4-2)12-6-9(13)10(14)7-12/h8-10,13-14H,3-7H2,1-2H3/t8-,9+,10+/m1/s1. The zero-order valence-electron chi connectivity index (χ0n) is 9.93. The Morgan fingerprint density at radius 2 is 1.94 bits per heavy atom. The lowest BCUT2D eigenvalue weighted by Gasteiger charge is -2.25. The molecular formula is C11H21NO4. The number of likely N-dealkylation sites (tertiary alicyclic amines) is 1. The molecule has 0 aromatic rings. The normalized spacial score (nSPS) is 28.0. The molecule has 5 heteroatoms. The van der Waals surface area contributed by atoms with Gasteiger partial charge in [0, 0.05) is 13.1 Å². The van der Waals surface area contributed by atoms with Crippen LogP contribution in [0.1, 0.15) is 26.7 Å². The van der Waals surface area contributed by atoms with E-state index >= 15 is 0 Å². The number of aliphatic hydroxyl groups is 2. The molecule has 1 heterocycles. The Morgan fingerprint density at radius 3 is 2.38 bits per heavy atom. The molecule has 1 saturated heterocycles. The average Bonchev–Trinajstić information content (AvgIpc) is 2.55. The molecule has 2 N–H and O–H groups in total. The third-order valence-electron chi connectivity index (χ3n) is 2.85. The molecule has 0 unspecified atom stereocenters. The van der Waals surface area contributed by atoms with Gasteiger partial charge in [0.2, 0.25) is 0 Å². The van der Waals surface area contributed by atoms with Gasteiger partial charge in [-0.3, -0.25) is 9.69 Å². The van der Waals surface area contributed by atoms with E-state index in [9.17, 15) is 15.0 Å². The molecule has 0 aromatic heterocycles. The smallest absolute Gasteiger partial charge is 0.323 e. The summed E-state index contributed by atoms with van der Waals surface area (Å²) >= 11 is 0. The summed E-state index contributed by atoms with van der Waals surface area (Å²) in [5.41, 5.74) is 0. The lowest BCUT2D eigenvalue weighted by molar-refractivity contribution is -0.149. The van der Waals surface area contributed by atoms with Gasteiger partial charge in [0.1, 0.15) is 6.04 Å². The highest BCUT2D eigenvalue weighted by Gasteiger charge is 2.36. The van der Waals surface area contributed by atoms with Crippen LogP contribution in [0.15, 0.2) is 0 Å². The fourth-order valence-electron chi connectivity index (χ4n) is 2.01. The van der Waals surface area contributed by atoms with Gasteiger partial charge in [-0.1, -0.05) is 13.3 Å². The monoisotopic (exact) mass is 231 g/mol. The maximum Gasteiger partial charge on any atom is 0.323 e. The first-order valence-electron chi connectivity index (χ1n) is 5.86. The van der Waals surface area contributed by atoms with Crippen LogP contribution in [-0.4, -0.2) is 59.0 Å². The van der Waals surface area contributed by atoms with Crippen molar-refractivity contribution in [2.45, 2.75) is 44.9 Å². The van der Waals surface area contributed by atoms with E-state index in [0.29, 0.717) is 26.1 Å². The van der Waals surface area contributed by atoms with Gasteiger partial charge in [0.25, 0.3) is 0 Å². The molecular weight excluding hydrogens is 210 g/mol. The van der Waals surface area contributed by atoms with E-state index in [0.717, 1.165) is 6.42 Å². The van der Waals surface area contributed by atoms with Crippen molar-refractivity contribution in [3.05, 3.63) is 0 Å². The van der Waals surface area contributed by atoms with Crippen molar-refractivity contribution in [2.24, 2.45) is 0 Å². The lowest BCUT2D eigenvalue weighted by atomic mass is 10.1. The number of aliphatic hydroxyl groups excluding tert-OH is 2. The molecule has 94 valence electrons. The van der Waals surface area contributed by atoms with E-state index in [4.69, 9.17) is 4.74 Å². The first-order valence-corrected chi connectivity index (χ1v) is 5.86. The van der Waals surface area contributed by atoms with Crippen LogP contribution in [0, 0.1) is 0 Å². The van der Waals surface area contributed by atoms with Crippen molar-refractivity contribution >= 4 is 5.97 Å². The van der Waals surface area contributed by atoms with Crippen LogP contribution >= 0.6 is 0 Å². The van der Waals surface area contributed by atoms with Gasteiger partial charge < -0.3 is 14.9 Å². The van der Waals surface area contributed by atoms with E-state index in [1.54, 1.807) is 11.8 Å². The molecule has 16 heavy (non-hydrogen) atoms. The van der Waals surface area contributed by atoms with E-state index in [2.05, 4.69) is 0 Å². The molecule has 0 spiro atoms. The van der Waals surface area contributed by atoms with Crippen LogP contribution in [0.3, 0.4) is 0 Å². The molecule has 1 rings (SSSR count). The number of ether oxygens (including phenoxy) is 1. The predicted octanol–water partition coefficient (Wildman–Crippen LogP) is -0.244. The Bertz CT molecular complexity index is 224. The van der Waals surface area contributed by atoms with Crippen molar-refractivity contribution in [3.63, 3.8) is 0 Å². The Kier molecular flexibility index (Phi) is 5.18.